The van der Waals surface area contributed by atoms with Crippen molar-refractivity contribution in [3.63, 3.8) is 0 Å². The maximum Gasteiger partial charge on any atom is 0.272 e. The number of amides is 1. The fraction of sp³-hybridized carbons (Fsp3) is 0.565. The maximum absolute atomic E-state index is 12.9. The molecule has 1 aliphatic heterocycles. The second-order valence-electron chi connectivity index (χ2n) is 8.55. The Balaban J connectivity index is 1.43. The second-order valence-corrected chi connectivity index (χ2v) is 8.55. The van der Waals surface area contributed by atoms with Gasteiger partial charge < -0.3 is 10.2 Å². The Hall–Kier alpha value is -2.14. The number of likely N-dealkylation sites (tertiary alicyclic amines) is 1. The molecule has 0 saturated carbocycles. The van der Waals surface area contributed by atoms with Crippen molar-refractivity contribution in [2.24, 2.45) is 5.92 Å². The van der Waals surface area contributed by atoms with Gasteiger partial charge in [-0.15, -0.1) is 0 Å². The molecule has 28 heavy (non-hydrogen) atoms. The number of carbonyl (C=O) groups is 1. The number of rotatable bonds is 6. The lowest BCUT2D eigenvalue weighted by Crippen LogP contribution is -2.38. The average molecular weight is 381 g/mol. The summed E-state index contributed by atoms with van der Waals surface area (Å²) < 4.78 is 1.98. The quantitative estimate of drug-likeness (QED) is 0.834. The zero-order valence-electron chi connectivity index (χ0n) is 17.2. The number of nitrogens with one attached hydrogen (secondary N) is 1. The van der Waals surface area contributed by atoms with Crippen LogP contribution in [0.4, 0.5) is 0 Å². The summed E-state index contributed by atoms with van der Waals surface area (Å²) in [6.45, 7) is 8.49. The van der Waals surface area contributed by atoms with E-state index >= 15 is 0 Å². The topological polar surface area (TPSA) is 50.2 Å². The lowest BCUT2D eigenvalue weighted by atomic mass is 10.1. The molecule has 1 fully saturated rings. The van der Waals surface area contributed by atoms with Gasteiger partial charge in [0, 0.05) is 24.3 Å². The first-order valence-electron chi connectivity index (χ1n) is 10.8. The second kappa shape index (κ2) is 8.48. The maximum atomic E-state index is 12.9. The molecule has 1 aliphatic carbocycles. The normalized spacial score (nSPS) is 18.1. The van der Waals surface area contributed by atoms with Crippen LogP contribution in [0.25, 0.3) is 5.69 Å². The van der Waals surface area contributed by atoms with Crippen molar-refractivity contribution in [2.75, 3.05) is 26.2 Å². The third kappa shape index (κ3) is 4.14. The van der Waals surface area contributed by atoms with Crippen molar-refractivity contribution < 1.29 is 4.79 Å². The molecule has 1 saturated heterocycles. The van der Waals surface area contributed by atoms with Gasteiger partial charge in [0.1, 0.15) is 0 Å². The summed E-state index contributed by atoms with van der Waals surface area (Å²) in [5.74, 6) is 0.434. The van der Waals surface area contributed by atoms with Crippen LogP contribution < -0.4 is 5.32 Å². The average Bonchev–Trinajstić information content (AvgIpc) is 3.30. The third-order valence-electron chi connectivity index (χ3n) is 6.05. The molecule has 1 unspecified atom stereocenters. The molecule has 1 aromatic heterocycles. The van der Waals surface area contributed by atoms with Crippen molar-refractivity contribution >= 4 is 5.91 Å². The van der Waals surface area contributed by atoms with Gasteiger partial charge in [0.25, 0.3) is 5.91 Å². The summed E-state index contributed by atoms with van der Waals surface area (Å²) in [5, 5.41) is 7.87. The van der Waals surface area contributed by atoms with Gasteiger partial charge in [-0.1, -0.05) is 31.0 Å². The lowest BCUT2D eigenvalue weighted by molar-refractivity contribution is 0.0936. The Kier molecular flexibility index (Phi) is 5.81. The summed E-state index contributed by atoms with van der Waals surface area (Å²) in [6.07, 6.45) is 7.02. The van der Waals surface area contributed by atoms with Gasteiger partial charge in [-0.3, -0.25) is 4.79 Å². The van der Waals surface area contributed by atoms with Gasteiger partial charge in [0.2, 0.25) is 0 Å². The SMILES string of the molecule is Cc1ccc(-n2nc(C(=O)NCC(C)CN3CCCCC3)c3c2CCC3)cc1. The molecule has 4 rings (SSSR count). The number of carbonyl (C=O) groups excluding carboxylic acids is 1. The molecule has 1 amide bonds. The number of hydrogen-bond acceptors (Lipinski definition) is 3. The largest absolute Gasteiger partial charge is 0.350 e. The molecule has 2 heterocycles. The summed E-state index contributed by atoms with van der Waals surface area (Å²) in [6, 6.07) is 8.37. The van der Waals surface area contributed by atoms with Crippen LogP contribution in [0, 0.1) is 12.8 Å². The van der Waals surface area contributed by atoms with E-state index in [-0.39, 0.29) is 5.91 Å². The van der Waals surface area contributed by atoms with Crippen molar-refractivity contribution in [3.05, 3.63) is 46.8 Å². The predicted octanol–water partition coefficient (Wildman–Crippen LogP) is 3.52. The summed E-state index contributed by atoms with van der Waals surface area (Å²) in [7, 11) is 0. The fourth-order valence-corrected chi connectivity index (χ4v) is 4.52. The Morgan fingerprint density at radius 1 is 1.11 bits per heavy atom. The molecule has 0 bridgehead atoms. The highest BCUT2D eigenvalue weighted by atomic mass is 16.2. The van der Waals surface area contributed by atoms with Crippen LogP contribution in [0.5, 0.6) is 0 Å². The Labute approximate surface area is 168 Å². The molecule has 0 radical (unpaired) electrons. The van der Waals surface area contributed by atoms with E-state index in [9.17, 15) is 4.79 Å². The first-order valence-corrected chi connectivity index (χ1v) is 10.8. The molecular formula is C23H32N4O. The zero-order valence-corrected chi connectivity index (χ0v) is 17.2. The minimum absolute atomic E-state index is 0.0190. The van der Waals surface area contributed by atoms with Crippen molar-refractivity contribution in [1.82, 2.24) is 20.0 Å². The molecular weight excluding hydrogens is 348 g/mol. The molecule has 1 N–H and O–H groups in total. The van der Waals surface area contributed by atoms with E-state index in [2.05, 4.69) is 48.3 Å². The van der Waals surface area contributed by atoms with Crippen LogP contribution in [0.1, 0.15) is 59.9 Å². The first kappa shape index (κ1) is 19.2. The van der Waals surface area contributed by atoms with E-state index in [4.69, 9.17) is 5.10 Å². The smallest absolute Gasteiger partial charge is 0.272 e. The van der Waals surface area contributed by atoms with E-state index in [1.54, 1.807) is 0 Å². The minimum Gasteiger partial charge on any atom is -0.350 e. The Bertz CT molecular complexity index is 818. The monoisotopic (exact) mass is 380 g/mol. The number of fused-ring (bicyclic) bond motifs is 1. The number of aryl methyl sites for hydroxylation is 1. The molecule has 5 nitrogen and oxygen atoms in total. The summed E-state index contributed by atoms with van der Waals surface area (Å²) >= 11 is 0. The number of benzene rings is 1. The number of hydrogen-bond donors (Lipinski definition) is 1. The summed E-state index contributed by atoms with van der Waals surface area (Å²) in [4.78, 5) is 15.4. The number of nitrogens with zero attached hydrogens (tertiary/aromatic N) is 3. The van der Waals surface area contributed by atoms with Crippen LogP contribution >= 0.6 is 0 Å². The van der Waals surface area contributed by atoms with Crippen LogP contribution in [0.3, 0.4) is 0 Å². The van der Waals surface area contributed by atoms with E-state index < -0.39 is 0 Å². The van der Waals surface area contributed by atoms with Crippen LogP contribution in [-0.4, -0.2) is 46.8 Å². The zero-order chi connectivity index (χ0) is 19.5. The van der Waals surface area contributed by atoms with Gasteiger partial charge in [0.05, 0.1) is 5.69 Å². The number of piperidine rings is 1. The van der Waals surface area contributed by atoms with Gasteiger partial charge in [-0.25, -0.2) is 4.68 Å². The molecule has 2 aromatic rings. The van der Waals surface area contributed by atoms with Crippen LogP contribution in [0.15, 0.2) is 24.3 Å². The van der Waals surface area contributed by atoms with Crippen LogP contribution in [0.2, 0.25) is 0 Å². The van der Waals surface area contributed by atoms with Crippen molar-refractivity contribution in [2.45, 2.75) is 52.4 Å². The lowest BCUT2D eigenvalue weighted by Gasteiger charge is -2.29. The van der Waals surface area contributed by atoms with E-state index in [1.165, 1.54) is 43.6 Å². The van der Waals surface area contributed by atoms with Crippen molar-refractivity contribution in [3.8, 4) is 5.69 Å². The minimum atomic E-state index is -0.0190. The molecule has 1 aromatic carbocycles. The van der Waals surface area contributed by atoms with Gasteiger partial charge >= 0.3 is 0 Å². The van der Waals surface area contributed by atoms with E-state index in [0.29, 0.717) is 18.2 Å². The molecule has 2 aliphatic rings. The van der Waals surface area contributed by atoms with E-state index in [0.717, 1.165) is 37.1 Å². The fourth-order valence-electron chi connectivity index (χ4n) is 4.52. The molecule has 1 atom stereocenters. The van der Waals surface area contributed by atoms with E-state index in [1.807, 2.05) is 4.68 Å². The van der Waals surface area contributed by atoms with Gasteiger partial charge in [-0.2, -0.15) is 5.10 Å². The molecule has 0 spiro atoms. The highest BCUT2D eigenvalue weighted by molar-refractivity contribution is 5.94. The third-order valence-corrected chi connectivity index (χ3v) is 6.05. The predicted molar refractivity (Wildman–Crippen MR) is 112 cm³/mol. The highest BCUT2D eigenvalue weighted by Gasteiger charge is 2.27. The van der Waals surface area contributed by atoms with Crippen LogP contribution in [-0.2, 0) is 12.8 Å². The number of aromatic nitrogens is 2. The Morgan fingerprint density at radius 3 is 2.61 bits per heavy atom. The standard InChI is InChI=1S/C23H32N4O/c1-17-9-11-19(12-10-17)27-21-8-6-7-20(21)22(25-27)23(28)24-15-18(2)16-26-13-4-3-5-14-26/h9-12,18H,3-8,13-16H2,1-2H3,(H,24,28). The Morgan fingerprint density at radius 2 is 1.86 bits per heavy atom. The van der Waals surface area contributed by atoms with Crippen molar-refractivity contribution in [1.29, 1.82) is 0 Å². The first-order chi connectivity index (χ1) is 13.6. The molecule has 150 valence electrons. The molecule has 5 heteroatoms. The summed E-state index contributed by atoms with van der Waals surface area (Å²) in [5.41, 5.74) is 5.24. The van der Waals surface area contributed by atoms with Gasteiger partial charge in [0.15, 0.2) is 5.69 Å². The highest BCUT2D eigenvalue weighted by Crippen LogP contribution is 2.28. The van der Waals surface area contributed by atoms with Gasteiger partial charge in [-0.05, 0) is 70.2 Å².